The third-order valence-corrected chi connectivity index (χ3v) is 2.50. The van der Waals surface area contributed by atoms with Crippen LogP contribution in [0.25, 0.3) is 0 Å². The van der Waals surface area contributed by atoms with Crippen LogP contribution in [0.1, 0.15) is 59.9 Å². The number of aromatic nitrogens is 1. The maximum absolute atomic E-state index is 11.1. The first-order valence-corrected chi connectivity index (χ1v) is 6.62. The summed E-state index contributed by atoms with van der Waals surface area (Å²) in [5.41, 5.74) is -0.212. The molecule has 1 aromatic heterocycles. The van der Waals surface area contributed by atoms with Crippen molar-refractivity contribution in [2.45, 2.75) is 59.6 Å². The molecule has 1 heterocycles. The minimum absolute atomic E-state index is 0.106. The Balaban J connectivity index is 0.00000154. The number of hydrogen-bond acceptors (Lipinski definition) is 3. The molecule has 0 bridgehead atoms. The molecule has 0 radical (unpaired) electrons. The lowest BCUT2D eigenvalue weighted by molar-refractivity contribution is -0.120. The Morgan fingerprint density at radius 1 is 1.16 bits per heavy atom. The summed E-state index contributed by atoms with van der Waals surface area (Å²) < 4.78 is 0. The van der Waals surface area contributed by atoms with E-state index in [0.717, 1.165) is 5.69 Å². The lowest BCUT2D eigenvalue weighted by Gasteiger charge is -2.27. The maximum atomic E-state index is 11.1. The van der Waals surface area contributed by atoms with E-state index in [1.807, 2.05) is 39.8 Å². The fourth-order valence-corrected chi connectivity index (χ4v) is 1.63. The molecule has 0 atom stereocenters. The summed E-state index contributed by atoms with van der Waals surface area (Å²) in [6, 6.07) is 5.44. The van der Waals surface area contributed by atoms with E-state index >= 15 is 0 Å². The van der Waals surface area contributed by atoms with Gasteiger partial charge in [-0.1, -0.05) is 19.9 Å². The van der Waals surface area contributed by atoms with Crippen molar-refractivity contribution >= 4 is 5.91 Å². The topological polar surface area (TPSA) is 62.2 Å². The van der Waals surface area contributed by atoms with Crippen molar-refractivity contribution < 1.29 is 9.90 Å². The molecule has 0 unspecified atom stereocenters. The first kappa shape index (κ1) is 17.6. The van der Waals surface area contributed by atoms with E-state index in [1.54, 1.807) is 19.9 Å². The van der Waals surface area contributed by atoms with Crippen molar-refractivity contribution in [3.63, 3.8) is 0 Å². The molecular formula is C15H26N2O2. The molecule has 0 aliphatic heterocycles. The standard InChI is InChI=1S/C13H20N2O2.C2H6/c1-9(16)15-12(2,3)10-7-6-8-11(14-10)13(4,5)17;1-2/h6-8,17H,1-5H3,(H,15,16);1-2H3. The highest BCUT2D eigenvalue weighted by Crippen LogP contribution is 2.22. The number of nitrogens with one attached hydrogen (secondary N) is 1. The predicted molar refractivity (Wildman–Crippen MR) is 77.7 cm³/mol. The lowest BCUT2D eigenvalue weighted by Crippen LogP contribution is -2.40. The lowest BCUT2D eigenvalue weighted by atomic mass is 9.97. The second-order valence-electron chi connectivity index (χ2n) is 5.27. The van der Waals surface area contributed by atoms with Crippen molar-refractivity contribution in [3.8, 4) is 0 Å². The molecule has 1 aromatic rings. The summed E-state index contributed by atoms with van der Waals surface area (Å²) in [5, 5.41) is 12.7. The molecule has 0 saturated heterocycles. The zero-order chi connectivity index (χ0) is 15.3. The molecule has 0 aliphatic carbocycles. The van der Waals surface area contributed by atoms with Gasteiger partial charge in [-0.25, -0.2) is 0 Å². The highest BCUT2D eigenvalue weighted by molar-refractivity contribution is 5.73. The fraction of sp³-hybridized carbons (Fsp3) is 0.600. The number of pyridine rings is 1. The molecule has 0 spiro atoms. The van der Waals surface area contributed by atoms with Crippen LogP contribution in [-0.2, 0) is 15.9 Å². The molecule has 0 aromatic carbocycles. The maximum Gasteiger partial charge on any atom is 0.217 e. The minimum Gasteiger partial charge on any atom is -0.384 e. The van der Waals surface area contributed by atoms with Crippen LogP contribution in [0.5, 0.6) is 0 Å². The van der Waals surface area contributed by atoms with Gasteiger partial charge in [0.2, 0.25) is 5.91 Å². The highest BCUT2D eigenvalue weighted by atomic mass is 16.3. The van der Waals surface area contributed by atoms with Crippen LogP contribution in [0, 0.1) is 0 Å². The zero-order valence-electron chi connectivity index (χ0n) is 13.0. The second kappa shape index (κ2) is 6.66. The molecule has 0 fully saturated rings. The van der Waals surface area contributed by atoms with E-state index in [1.165, 1.54) is 6.92 Å². The molecule has 4 heteroatoms. The SMILES string of the molecule is CC.CC(=O)NC(C)(C)c1cccc(C(C)(C)O)n1. The summed E-state index contributed by atoms with van der Waals surface area (Å²) >= 11 is 0. The molecule has 1 rings (SSSR count). The molecule has 108 valence electrons. The molecule has 2 N–H and O–H groups in total. The quantitative estimate of drug-likeness (QED) is 0.884. The second-order valence-corrected chi connectivity index (χ2v) is 5.27. The first-order valence-electron chi connectivity index (χ1n) is 6.62. The Bertz CT molecular complexity index is 420. The van der Waals surface area contributed by atoms with Crippen LogP contribution in [-0.4, -0.2) is 16.0 Å². The number of amides is 1. The Hall–Kier alpha value is -1.42. The highest BCUT2D eigenvalue weighted by Gasteiger charge is 2.25. The summed E-state index contributed by atoms with van der Waals surface area (Å²) in [4.78, 5) is 15.5. The normalized spacial score (nSPS) is 11.4. The van der Waals surface area contributed by atoms with E-state index < -0.39 is 11.1 Å². The Kier molecular flexibility index (Phi) is 6.16. The number of rotatable bonds is 3. The van der Waals surface area contributed by atoms with Crippen molar-refractivity contribution in [2.24, 2.45) is 0 Å². The van der Waals surface area contributed by atoms with Gasteiger partial charge < -0.3 is 10.4 Å². The van der Waals surface area contributed by atoms with E-state index in [9.17, 15) is 9.90 Å². The summed E-state index contributed by atoms with van der Waals surface area (Å²) in [6.45, 7) is 12.6. The van der Waals surface area contributed by atoms with Crippen LogP contribution >= 0.6 is 0 Å². The zero-order valence-corrected chi connectivity index (χ0v) is 13.0. The first-order chi connectivity index (χ1) is 8.63. The van der Waals surface area contributed by atoms with Gasteiger partial charge in [-0.15, -0.1) is 0 Å². The molecule has 0 aliphatic rings. The predicted octanol–water partition coefficient (Wildman–Crippen LogP) is 2.71. The van der Waals surface area contributed by atoms with Gasteiger partial charge in [0.1, 0.15) is 5.60 Å². The number of aliphatic hydroxyl groups is 1. The summed E-state index contributed by atoms with van der Waals surface area (Å²) in [6.07, 6.45) is 0. The molecular weight excluding hydrogens is 240 g/mol. The van der Waals surface area contributed by atoms with Crippen molar-refractivity contribution in [2.75, 3.05) is 0 Å². The van der Waals surface area contributed by atoms with Crippen LogP contribution in [0.2, 0.25) is 0 Å². The third kappa shape index (κ3) is 5.39. The average molecular weight is 266 g/mol. The van der Waals surface area contributed by atoms with Gasteiger partial charge in [0.15, 0.2) is 0 Å². The van der Waals surface area contributed by atoms with Crippen molar-refractivity contribution in [1.29, 1.82) is 0 Å². The smallest absolute Gasteiger partial charge is 0.217 e. The van der Waals surface area contributed by atoms with E-state index in [2.05, 4.69) is 10.3 Å². The third-order valence-electron chi connectivity index (χ3n) is 2.50. The largest absolute Gasteiger partial charge is 0.384 e. The van der Waals surface area contributed by atoms with Crippen LogP contribution in [0.4, 0.5) is 0 Å². The number of carbonyl (C=O) groups excluding carboxylic acids is 1. The number of nitrogens with zero attached hydrogens (tertiary/aromatic N) is 1. The molecule has 1 amide bonds. The molecule has 19 heavy (non-hydrogen) atoms. The van der Waals surface area contributed by atoms with Crippen molar-refractivity contribution in [3.05, 3.63) is 29.6 Å². The van der Waals surface area contributed by atoms with Crippen LogP contribution in [0.15, 0.2) is 18.2 Å². The Morgan fingerprint density at radius 3 is 2.05 bits per heavy atom. The Morgan fingerprint density at radius 2 is 1.63 bits per heavy atom. The minimum atomic E-state index is -0.984. The molecule has 0 saturated carbocycles. The van der Waals surface area contributed by atoms with Crippen LogP contribution < -0.4 is 5.32 Å². The fourth-order valence-electron chi connectivity index (χ4n) is 1.63. The molecule has 4 nitrogen and oxygen atoms in total. The van der Waals surface area contributed by atoms with Gasteiger partial charge in [-0.2, -0.15) is 0 Å². The van der Waals surface area contributed by atoms with Gasteiger partial charge in [-0.3, -0.25) is 9.78 Å². The van der Waals surface area contributed by atoms with Crippen molar-refractivity contribution in [1.82, 2.24) is 10.3 Å². The van der Waals surface area contributed by atoms with Gasteiger partial charge in [0.25, 0.3) is 0 Å². The van der Waals surface area contributed by atoms with E-state index in [0.29, 0.717) is 5.69 Å². The van der Waals surface area contributed by atoms with Gasteiger partial charge in [-0.05, 0) is 39.8 Å². The van der Waals surface area contributed by atoms with Gasteiger partial charge >= 0.3 is 0 Å². The average Bonchev–Trinajstić information content (AvgIpc) is 2.29. The number of carbonyl (C=O) groups is 1. The monoisotopic (exact) mass is 266 g/mol. The van der Waals surface area contributed by atoms with E-state index in [-0.39, 0.29) is 5.91 Å². The number of hydrogen-bond donors (Lipinski definition) is 2. The van der Waals surface area contributed by atoms with Crippen LogP contribution in [0.3, 0.4) is 0 Å². The van der Waals surface area contributed by atoms with E-state index in [4.69, 9.17) is 0 Å². The van der Waals surface area contributed by atoms with Gasteiger partial charge in [0, 0.05) is 6.92 Å². The Labute approximate surface area is 116 Å². The summed E-state index contributed by atoms with van der Waals surface area (Å²) in [5.74, 6) is -0.106. The van der Waals surface area contributed by atoms with Gasteiger partial charge in [0.05, 0.1) is 16.9 Å². The summed E-state index contributed by atoms with van der Waals surface area (Å²) in [7, 11) is 0.